The highest BCUT2D eigenvalue weighted by Crippen LogP contribution is 2.00. The van der Waals surface area contributed by atoms with Crippen LogP contribution in [0.4, 0.5) is 0 Å². The number of hydrogen-bond donors (Lipinski definition) is 2. The molecule has 3 N–H and O–H groups in total. The molecule has 0 aromatic carbocycles. The molecule has 0 rings (SSSR count). The maximum atomic E-state index is 11.5. The summed E-state index contributed by atoms with van der Waals surface area (Å²) in [5, 5.41) is 2.96. The number of nitrogens with two attached hydrogens (primary N) is 1. The summed E-state index contributed by atoms with van der Waals surface area (Å²) in [6, 6.07) is 0.138. The summed E-state index contributed by atoms with van der Waals surface area (Å²) in [7, 11) is 0. The predicted molar refractivity (Wildman–Crippen MR) is 66.2 cm³/mol. The molecule has 0 fully saturated rings. The third-order valence-corrected chi connectivity index (χ3v) is 2.45. The van der Waals surface area contributed by atoms with Gasteiger partial charge in [0.25, 0.3) is 0 Å². The molecule has 0 radical (unpaired) electrons. The lowest BCUT2D eigenvalue weighted by Crippen LogP contribution is -2.40. The van der Waals surface area contributed by atoms with Crippen LogP contribution in [-0.2, 0) is 9.53 Å². The second kappa shape index (κ2) is 10.9. The first-order valence-electron chi connectivity index (χ1n) is 6.31. The van der Waals surface area contributed by atoms with Crippen molar-refractivity contribution in [1.82, 2.24) is 5.32 Å². The van der Waals surface area contributed by atoms with Gasteiger partial charge in [0.2, 0.25) is 5.91 Å². The van der Waals surface area contributed by atoms with Gasteiger partial charge >= 0.3 is 0 Å². The summed E-state index contributed by atoms with van der Waals surface area (Å²) >= 11 is 0. The highest BCUT2D eigenvalue weighted by molar-refractivity contribution is 5.76. The van der Waals surface area contributed by atoms with Crippen molar-refractivity contribution in [1.29, 1.82) is 0 Å². The molecule has 0 aromatic rings. The van der Waals surface area contributed by atoms with Crippen molar-refractivity contribution in [2.45, 2.75) is 52.0 Å². The van der Waals surface area contributed by atoms with Crippen LogP contribution in [-0.4, -0.2) is 31.7 Å². The maximum Gasteiger partial charge on any atom is 0.220 e. The Kier molecular flexibility index (Phi) is 10.5. The van der Waals surface area contributed by atoms with Gasteiger partial charge in [0.05, 0.1) is 0 Å². The van der Waals surface area contributed by atoms with Crippen molar-refractivity contribution in [3.63, 3.8) is 0 Å². The molecule has 0 spiro atoms. The Balaban J connectivity index is 3.57. The van der Waals surface area contributed by atoms with Crippen LogP contribution in [0.15, 0.2) is 0 Å². The van der Waals surface area contributed by atoms with Gasteiger partial charge in [0, 0.05) is 32.2 Å². The third kappa shape index (κ3) is 8.68. The molecule has 0 saturated carbocycles. The van der Waals surface area contributed by atoms with Gasteiger partial charge in [-0.1, -0.05) is 19.8 Å². The van der Waals surface area contributed by atoms with E-state index in [9.17, 15) is 4.79 Å². The number of unbranched alkanes of at least 4 members (excludes halogenated alkanes) is 1. The van der Waals surface area contributed by atoms with Crippen molar-refractivity contribution >= 4 is 5.91 Å². The molecular formula is C12H26N2O2. The topological polar surface area (TPSA) is 64.3 Å². The lowest BCUT2D eigenvalue weighted by atomic mass is 10.1. The highest BCUT2D eigenvalue weighted by Gasteiger charge is 2.09. The summed E-state index contributed by atoms with van der Waals surface area (Å²) in [6.07, 6.45) is 4.54. The predicted octanol–water partition coefficient (Wildman–Crippen LogP) is 1.44. The first-order chi connectivity index (χ1) is 7.74. The molecule has 96 valence electrons. The summed E-state index contributed by atoms with van der Waals surface area (Å²) in [6.45, 7) is 5.99. The highest BCUT2D eigenvalue weighted by atomic mass is 16.5. The molecule has 0 aliphatic rings. The van der Waals surface area contributed by atoms with Crippen molar-refractivity contribution in [3.05, 3.63) is 0 Å². The Morgan fingerprint density at radius 2 is 2.12 bits per heavy atom. The van der Waals surface area contributed by atoms with Crippen molar-refractivity contribution in [2.75, 3.05) is 19.8 Å². The average Bonchev–Trinajstić information content (AvgIpc) is 2.30. The van der Waals surface area contributed by atoms with E-state index in [2.05, 4.69) is 12.2 Å². The van der Waals surface area contributed by atoms with Gasteiger partial charge in [0.15, 0.2) is 0 Å². The quantitative estimate of drug-likeness (QED) is 0.558. The minimum Gasteiger partial charge on any atom is -0.382 e. The van der Waals surface area contributed by atoms with Crippen LogP contribution >= 0.6 is 0 Å². The van der Waals surface area contributed by atoms with Crippen LogP contribution in [0, 0.1) is 0 Å². The van der Waals surface area contributed by atoms with Gasteiger partial charge in [0.1, 0.15) is 0 Å². The van der Waals surface area contributed by atoms with Crippen molar-refractivity contribution < 1.29 is 9.53 Å². The Morgan fingerprint density at radius 3 is 2.69 bits per heavy atom. The normalized spacial score (nSPS) is 12.4. The van der Waals surface area contributed by atoms with E-state index < -0.39 is 0 Å². The fraction of sp³-hybridized carbons (Fsp3) is 0.917. The standard InChI is InChI=1S/C12H26N2O2/c1-3-5-7-11(10-13)14-12(15)8-6-9-16-4-2/h11H,3-10,13H2,1-2H3,(H,14,15). The van der Waals surface area contributed by atoms with E-state index >= 15 is 0 Å². The second-order valence-electron chi connectivity index (χ2n) is 3.94. The molecular weight excluding hydrogens is 204 g/mol. The number of nitrogens with one attached hydrogen (secondary N) is 1. The van der Waals surface area contributed by atoms with E-state index in [4.69, 9.17) is 10.5 Å². The average molecular weight is 230 g/mol. The number of carbonyl (C=O) groups excluding carboxylic acids is 1. The molecule has 0 aliphatic heterocycles. The van der Waals surface area contributed by atoms with E-state index in [1.54, 1.807) is 0 Å². The Bertz CT molecular complexity index is 174. The zero-order chi connectivity index (χ0) is 12.2. The first-order valence-corrected chi connectivity index (χ1v) is 6.31. The van der Waals surface area contributed by atoms with E-state index in [0.717, 1.165) is 25.7 Å². The van der Waals surface area contributed by atoms with E-state index in [0.29, 0.717) is 26.2 Å². The maximum absolute atomic E-state index is 11.5. The zero-order valence-electron chi connectivity index (χ0n) is 10.6. The van der Waals surface area contributed by atoms with E-state index in [1.807, 2.05) is 6.92 Å². The summed E-state index contributed by atoms with van der Waals surface area (Å²) in [5.74, 6) is 0.0891. The van der Waals surface area contributed by atoms with Crippen molar-refractivity contribution in [3.8, 4) is 0 Å². The van der Waals surface area contributed by atoms with Crippen LogP contribution in [0.5, 0.6) is 0 Å². The van der Waals surface area contributed by atoms with Gasteiger partial charge in [-0.2, -0.15) is 0 Å². The molecule has 0 aromatic heterocycles. The molecule has 1 amide bonds. The molecule has 4 heteroatoms. The molecule has 0 bridgehead atoms. The van der Waals surface area contributed by atoms with Crippen LogP contribution in [0.2, 0.25) is 0 Å². The van der Waals surface area contributed by atoms with Crippen LogP contribution in [0.3, 0.4) is 0 Å². The first kappa shape index (κ1) is 15.4. The fourth-order valence-electron chi connectivity index (χ4n) is 1.48. The number of ether oxygens (including phenoxy) is 1. The molecule has 16 heavy (non-hydrogen) atoms. The van der Waals surface area contributed by atoms with Crippen LogP contribution in [0.1, 0.15) is 46.0 Å². The van der Waals surface area contributed by atoms with Gasteiger partial charge in [-0.05, 0) is 19.8 Å². The zero-order valence-corrected chi connectivity index (χ0v) is 10.6. The SMILES string of the molecule is CCCCC(CN)NC(=O)CCCOCC. The molecule has 0 saturated heterocycles. The molecule has 0 aliphatic carbocycles. The monoisotopic (exact) mass is 230 g/mol. The summed E-state index contributed by atoms with van der Waals surface area (Å²) < 4.78 is 5.18. The molecule has 0 heterocycles. The Labute approximate surface area is 98.9 Å². The molecule has 1 unspecified atom stereocenters. The molecule has 4 nitrogen and oxygen atoms in total. The van der Waals surface area contributed by atoms with Gasteiger partial charge < -0.3 is 15.8 Å². The largest absolute Gasteiger partial charge is 0.382 e. The number of hydrogen-bond acceptors (Lipinski definition) is 3. The van der Waals surface area contributed by atoms with Gasteiger partial charge in [-0.3, -0.25) is 4.79 Å². The van der Waals surface area contributed by atoms with Crippen LogP contribution in [0.25, 0.3) is 0 Å². The van der Waals surface area contributed by atoms with Crippen molar-refractivity contribution in [2.24, 2.45) is 5.73 Å². The van der Waals surface area contributed by atoms with Crippen LogP contribution < -0.4 is 11.1 Å². The number of carbonyl (C=O) groups is 1. The third-order valence-electron chi connectivity index (χ3n) is 2.45. The summed E-state index contributed by atoms with van der Waals surface area (Å²) in [5.41, 5.74) is 5.60. The lowest BCUT2D eigenvalue weighted by molar-refractivity contribution is -0.122. The number of amides is 1. The second-order valence-corrected chi connectivity index (χ2v) is 3.94. The number of rotatable bonds is 10. The smallest absolute Gasteiger partial charge is 0.220 e. The van der Waals surface area contributed by atoms with Gasteiger partial charge in [-0.15, -0.1) is 0 Å². The fourth-order valence-corrected chi connectivity index (χ4v) is 1.48. The Morgan fingerprint density at radius 1 is 1.38 bits per heavy atom. The van der Waals surface area contributed by atoms with E-state index in [-0.39, 0.29) is 11.9 Å². The minimum absolute atomic E-state index is 0.0891. The van der Waals surface area contributed by atoms with E-state index in [1.165, 1.54) is 0 Å². The minimum atomic E-state index is 0.0891. The summed E-state index contributed by atoms with van der Waals surface area (Å²) in [4.78, 5) is 11.5. The van der Waals surface area contributed by atoms with Gasteiger partial charge in [-0.25, -0.2) is 0 Å². The Hall–Kier alpha value is -0.610. The molecule has 1 atom stereocenters. The lowest BCUT2D eigenvalue weighted by Gasteiger charge is -2.16.